The maximum absolute atomic E-state index is 5.25. The predicted octanol–water partition coefficient (Wildman–Crippen LogP) is 3.89. The van der Waals surface area contributed by atoms with Gasteiger partial charge in [-0.25, -0.2) is 4.98 Å². The fourth-order valence-electron chi connectivity index (χ4n) is 2.57. The number of pyridine rings is 1. The van der Waals surface area contributed by atoms with E-state index >= 15 is 0 Å². The van der Waals surface area contributed by atoms with Crippen molar-refractivity contribution in [1.82, 2.24) is 9.38 Å². The third kappa shape index (κ3) is 2.87. The Morgan fingerprint density at radius 1 is 1.09 bits per heavy atom. The number of imidazole rings is 1. The molecule has 22 heavy (non-hydrogen) atoms. The van der Waals surface area contributed by atoms with Crippen LogP contribution in [0, 0.1) is 13.5 Å². The van der Waals surface area contributed by atoms with Crippen molar-refractivity contribution in [3.63, 3.8) is 0 Å². The van der Waals surface area contributed by atoms with Crippen LogP contribution in [0.15, 0.2) is 48.7 Å². The number of hydrogen-bond donors (Lipinski definition) is 0. The van der Waals surface area contributed by atoms with Crippen LogP contribution in [0.25, 0.3) is 27.3 Å². The molecule has 0 atom stereocenters. The number of aromatic nitrogens is 2. The Labute approximate surface area is 169 Å². The Balaban J connectivity index is 0.000000807. The molecule has 5 heteroatoms. The summed E-state index contributed by atoms with van der Waals surface area (Å²) in [5, 5.41) is 3.38. The van der Waals surface area contributed by atoms with E-state index in [-0.39, 0.29) is 61.2 Å². The Morgan fingerprint density at radius 2 is 1.82 bits per heavy atom. The second kappa shape index (κ2) is 7.68. The second-order valence-electron chi connectivity index (χ2n) is 4.45. The minimum atomic E-state index is 0. The number of fused-ring (bicyclic) bond motifs is 6. The molecule has 0 saturated heterocycles. The number of ether oxygens (including phenoxy) is 1. The second-order valence-corrected chi connectivity index (χ2v) is 4.45. The van der Waals surface area contributed by atoms with E-state index < -0.39 is 0 Å². The summed E-state index contributed by atoms with van der Waals surface area (Å²) in [5.74, 6) is 0.620. The summed E-state index contributed by atoms with van der Waals surface area (Å²) in [6.45, 7) is 0. The summed E-state index contributed by atoms with van der Waals surface area (Å²) < 4.78 is 7.31. The first kappa shape index (κ1) is 19.3. The molecule has 0 fully saturated rings. The van der Waals surface area contributed by atoms with E-state index in [0.717, 1.165) is 16.6 Å². The first-order valence-corrected chi connectivity index (χ1v) is 6.13. The van der Waals surface area contributed by atoms with E-state index in [1.165, 1.54) is 10.8 Å². The SMILES string of the molecule is COc1cn2c3ccccc3c3ccc[c-]c3c2n1.[CH3-].[Pt+2].[Y]. The first-order valence-electron chi connectivity index (χ1n) is 6.13. The largest absolute Gasteiger partial charge is 2.00 e. The van der Waals surface area contributed by atoms with Gasteiger partial charge in [0.15, 0.2) is 0 Å². The summed E-state index contributed by atoms with van der Waals surface area (Å²) in [6.07, 6.45) is 1.91. The topological polar surface area (TPSA) is 26.5 Å². The Morgan fingerprint density at radius 3 is 2.59 bits per heavy atom. The molecule has 0 N–H and O–H groups in total. The number of para-hydroxylation sites is 1. The van der Waals surface area contributed by atoms with E-state index in [1.54, 1.807) is 7.11 Å². The van der Waals surface area contributed by atoms with Crippen molar-refractivity contribution < 1.29 is 58.5 Å². The van der Waals surface area contributed by atoms with E-state index in [2.05, 4.69) is 39.7 Å². The third-order valence-corrected chi connectivity index (χ3v) is 3.43. The molecule has 0 bridgehead atoms. The van der Waals surface area contributed by atoms with Gasteiger partial charge < -0.3 is 16.6 Å². The van der Waals surface area contributed by atoms with Crippen molar-refractivity contribution in [1.29, 1.82) is 0 Å². The number of nitrogens with zero attached hydrogens (tertiary/aromatic N) is 2. The summed E-state index contributed by atoms with van der Waals surface area (Å²) >= 11 is 0. The van der Waals surface area contributed by atoms with Gasteiger partial charge in [0, 0.05) is 38.2 Å². The monoisotopic (exact) mass is 546 g/mol. The normalized spacial score (nSPS) is 9.86. The predicted molar refractivity (Wildman–Crippen MR) is 82.0 cm³/mol. The van der Waals surface area contributed by atoms with Crippen molar-refractivity contribution in [2.45, 2.75) is 0 Å². The quantitative estimate of drug-likeness (QED) is 0.268. The van der Waals surface area contributed by atoms with Crippen LogP contribution in [0.4, 0.5) is 0 Å². The zero-order valence-electron chi connectivity index (χ0n) is 12.3. The molecule has 2 aromatic carbocycles. The minimum absolute atomic E-state index is 0. The molecule has 0 aliphatic heterocycles. The van der Waals surface area contributed by atoms with E-state index in [4.69, 9.17) is 4.74 Å². The van der Waals surface area contributed by atoms with Crippen molar-refractivity contribution in [2.24, 2.45) is 0 Å². The first-order chi connectivity index (χ1) is 9.38. The molecule has 4 rings (SSSR count). The number of benzene rings is 2. The minimum Gasteiger partial charge on any atom is -0.480 e. The smallest absolute Gasteiger partial charge is 0.480 e. The van der Waals surface area contributed by atoms with Gasteiger partial charge in [-0.3, -0.25) is 0 Å². The van der Waals surface area contributed by atoms with E-state index in [1.807, 2.05) is 24.4 Å². The van der Waals surface area contributed by atoms with Crippen LogP contribution < -0.4 is 4.74 Å². The van der Waals surface area contributed by atoms with Crippen molar-refractivity contribution in [3.8, 4) is 5.88 Å². The van der Waals surface area contributed by atoms with Gasteiger partial charge in [0.2, 0.25) is 5.88 Å². The van der Waals surface area contributed by atoms with Gasteiger partial charge in [0.1, 0.15) is 0 Å². The molecular weight excluding hydrogens is 532 g/mol. The van der Waals surface area contributed by atoms with Gasteiger partial charge in [-0.1, -0.05) is 23.6 Å². The molecule has 2 aromatic heterocycles. The van der Waals surface area contributed by atoms with Gasteiger partial charge in [-0.2, -0.15) is 0 Å². The van der Waals surface area contributed by atoms with Gasteiger partial charge in [0.05, 0.1) is 19.0 Å². The summed E-state index contributed by atoms with van der Waals surface area (Å²) in [5.41, 5.74) is 2.01. The molecular formula is C17H14N2OPtY. The molecule has 0 saturated carbocycles. The van der Waals surface area contributed by atoms with Crippen LogP contribution in [-0.2, 0) is 53.8 Å². The van der Waals surface area contributed by atoms with Gasteiger partial charge in [-0.05, 0) is 11.5 Å². The maximum atomic E-state index is 5.25. The fourth-order valence-corrected chi connectivity index (χ4v) is 2.57. The standard InChI is InChI=1S/C16H11N2O.CH3.Pt.Y/c1-19-15-10-18-14-9-5-4-7-12(14)11-6-2-3-8-13(11)16(18)17-15;;;/h2-7,9-10H,1H3;1H3;;/q2*-1;+2;. The molecule has 0 amide bonds. The molecule has 0 aliphatic rings. The van der Waals surface area contributed by atoms with Crippen LogP contribution in [0.1, 0.15) is 0 Å². The summed E-state index contributed by atoms with van der Waals surface area (Å²) in [7, 11) is 1.63. The van der Waals surface area contributed by atoms with Gasteiger partial charge >= 0.3 is 21.1 Å². The fraction of sp³-hybridized carbons (Fsp3) is 0.0588. The summed E-state index contributed by atoms with van der Waals surface area (Å²) in [6, 6.07) is 17.6. The Kier molecular flexibility index (Phi) is 6.73. The molecule has 1 radical (unpaired) electrons. The summed E-state index contributed by atoms with van der Waals surface area (Å²) in [4.78, 5) is 4.52. The van der Waals surface area contributed by atoms with Crippen LogP contribution in [0.2, 0.25) is 0 Å². The zero-order chi connectivity index (χ0) is 12.8. The number of methoxy groups -OCH3 is 1. The van der Waals surface area contributed by atoms with Crippen molar-refractivity contribution in [3.05, 3.63) is 62.2 Å². The number of hydrogen-bond acceptors (Lipinski definition) is 2. The zero-order valence-corrected chi connectivity index (χ0v) is 17.4. The van der Waals surface area contributed by atoms with Crippen LogP contribution in [-0.4, -0.2) is 16.5 Å². The molecule has 3 nitrogen and oxygen atoms in total. The van der Waals surface area contributed by atoms with Crippen LogP contribution >= 0.6 is 0 Å². The molecule has 2 heterocycles. The van der Waals surface area contributed by atoms with Crippen LogP contribution in [0.3, 0.4) is 0 Å². The average molecular weight is 546 g/mol. The third-order valence-electron chi connectivity index (χ3n) is 3.43. The molecule has 111 valence electrons. The maximum Gasteiger partial charge on any atom is 2.00 e. The molecule has 0 aliphatic carbocycles. The Bertz CT molecular complexity index is 848. The Hall–Kier alpha value is -0.758. The van der Waals surface area contributed by atoms with Gasteiger partial charge in [0.25, 0.3) is 0 Å². The van der Waals surface area contributed by atoms with Crippen molar-refractivity contribution >= 4 is 27.3 Å². The van der Waals surface area contributed by atoms with Crippen molar-refractivity contribution in [2.75, 3.05) is 7.11 Å². The van der Waals surface area contributed by atoms with Crippen LogP contribution in [0.5, 0.6) is 5.88 Å². The molecule has 0 spiro atoms. The van der Waals surface area contributed by atoms with Gasteiger partial charge in [-0.15, -0.1) is 29.7 Å². The average Bonchev–Trinajstić information content (AvgIpc) is 2.92. The molecule has 0 unspecified atom stereocenters. The van der Waals surface area contributed by atoms with E-state index in [0.29, 0.717) is 5.88 Å². The molecule has 4 aromatic rings. The van der Waals surface area contributed by atoms with E-state index in [9.17, 15) is 0 Å². The number of rotatable bonds is 1.